The van der Waals surface area contributed by atoms with Gasteiger partial charge in [-0.05, 0) is 15.9 Å². The Morgan fingerprint density at radius 1 is 1.67 bits per heavy atom. The maximum Gasteiger partial charge on any atom is 0.232 e. The summed E-state index contributed by atoms with van der Waals surface area (Å²) in [6.07, 6.45) is 0.982. The summed E-state index contributed by atoms with van der Waals surface area (Å²) in [5.41, 5.74) is 0. The molecule has 1 aromatic heterocycles. The second kappa shape index (κ2) is 2.58. The minimum Gasteiger partial charge on any atom is -0.241 e. The van der Waals surface area contributed by atoms with E-state index in [1.165, 1.54) is 0 Å². The summed E-state index contributed by atoms with van der Waals surface area (Å²) < 4.78 is 12.4. The van der Waals surface area contributed by atoms with Gasteiger partial charge in [0.15, 0.2) is 5.15 Å². The molecule has 1 rings (SSSR count). The monoisotopic (exact) mass is 210 g/mol. The Kier molecular flexibility index (Phi) is 1.97. The van der Waals surface area contributed by atoms with Crippen LogP contribution in [0.1, 0.15) is 0 Å². The van der Waals surface area contributed by atoms with Gasteiger partial charge in [0.1, 0.15) is 4.60 Å². The molecule has 0 aliphatic rings. The zero-order valence-corrected chi connectivity index (χ0v) is 6.45. The lowest BCUT2D eigenvalue weighted by atomic mass is 10.7. The van der Waals surface area contributed by atoms with E-state index in [2.05, 4.69) is 25.9 Å². The highest BCUT2D eigenvalue weighted by atomic mass is 79.9. The van der Waals surface area contributed by atoms with Crippen molar-refractivity contribution in [2.75, 3.05) is 0 Å². The Morgan fingerprint density at radius 3 is 2.78 bits per heavy atom. The van der Waals surface area contributed by atoms with Crippen LogP contribution < -0.4 is 0 Å². The Hall–Kier alpha value is -0.220. The van der Waals surface area contributed by atoms with E-state index < -0.39 is 5.95 Å². The van der Waals surface area contributed by atoms with Crippen molar-refractivity contribution in [3.05, 3.63) is 21.9 Å². The molecule has 0 amide bonds. The average molecular weight is 211 g/mol. The Labute approximate surface area is 64.2 Å². The van der Waals surface area contributed by atoms with Crippen LogP contribution in [0, 0.1) is 5.95 Å². The number of nitrogens with zero attached hydrogens (tertiary/aromatic N) is 2. The second-order valence-corrected chi connectivity index (χ2v) is 2.38. The van der Waals surface area contributed by atoms with Crippen LogP contribution in [0.5, 0.6) is 0 Å². The highest BCUT2D eigenvalue weighted by Gasteiger charge is 1.99. The first kappa shape index (κ1) is 6.89. The molecule has 0 spiro atoms. The molecule has 0 saturated carbocycles. The van der Waals surface area contributed by atoms with Gasteiger partial charge in [0, 0.05) is 0 Å². The number of rotatable bonds is 0. The van der Waals surface area contributed by atoms with Crippen molar-refractivity contribution < 1.29 is 4.39 Å². The minimum absolute atomic E-state index is 0.0370. The summed E-state index contributed by atoms with van der Waals surface area (Å²) in [6, 6.07) is 0. The van der Waals surface area contributed by atoms with Crippen LogP contribution in [0.4, 0.5) is 4.39 Å². The molecule has 5 heteroatoms. The average Bonchev–Trinajstić information content (AvgIpc) is 1.80. The smallest absolute Gasteiger partial charge is 0.232 e. The van der Waals surface area contributed by atoms with Crippen molar-refractivity contribution in [1.82, 2.24) is 9.97 Å². The van der Waals surface area contributed by atoms with Crippen LogP contribution in [0.2, 0.25) is 5.15 Å². The summed E-state index contributed by atoms with van der Waals surface area (Å²) in [5.74, 6) is -0.678. The molecule has 2 nitrogen and oxygen atoms in total. The van der Waals surface area contributed by atoms with E-state index in [1.807, 2.05) is 0 Å². The lowest BCUT2D eigenvalue weighted by Crippen LogP contribution is -1.86. The maximum absolute atomic E-state index is 12.1. The quantitative estimate of drug-likeness (QED) is 0.656. The molecule has 0 N–H and O–H groups in total. The van der Waals surface area contributed by atoms with E-state index in [0.29, 0.717) is 4.60 Å². The number of aromatic nitrogens is 2. The molecular formula is C4HBrClFN2. The third-order valence-corrected chi connectivity index (χ3v) is 1.73. The van der Waals surface area contributed by atoms with E-state index in [1.54, 1.807) is 0 Å². The number of hydrogen-bond donors (Lipinski definition) is 0. The van der Waals surface area contributed by atoms with Crippen LogP contribution >= 0.6 is 27.5 Å². The van der Waals surface area contributed by atoms with E-state index in [0.717, 1.165) is 6.20 Å². The predicted molar refractivity (Wildman–Crippen MR) is 34.7 cm³/mol. The first-order chi connectivity index (χ1) is 4.20. The van der Waals surface area contributed by atoms with Crippen molar-refractivity contribution in [2.24, 2.45) is 0 Å². The maximum atomic E-state index is 12.1. The Balaban J connectivity index is 3.17. The fourth-order valence-electron chi connectivity index (χ4n) is 0.332. The van der Waals surface area contributed by atoms with Crippen molar-refractivity contribution in [3.8, 4) is 0 Å². The van der Waals surface area contributed by atoms with E-state index >= 15 is 0 Å². The fraction of sp³-hybridized carbons (Fsp3) is 0. The normalized spacial score (nSPS) is 9.67. The molecule has 9 heavy (non-hydrogen) atoms. The molecule has 0 unspecified atom stereocenters. The predicted octanol–water partition coefficient (Wildman–Crippen LogP) is 2.03. The largest absolute Gasteiger partial charge is 0.241 e. The third-order valence-electron chi connectivity index (χ3n) is 0.660. The first-order valence-electron chi connectivity index (χ1n) is 2.03. The molecule has 0 radical (unpaired) electrons. The summed E-state index contributed by atoms with van der Waals surface area (Å²) in [6.45, 7) is 0. The van der Waals surface area contributed by atoms with Crippen molar-refractivity contribution in [3.63, 3.8) is 0 Å². The SMILES string of the molecule is Fc1cnc(Br)c(Cl)n1. The Morgan fingerprint density at radius 2 is 2.33 bits per heavy atom. The highest BCUT2D eigenvalue weighted by molar-refractivity contribution is 9.10. The van der Waals surface area contributed by atoms with Crippen molar-refractivity contribution in [2.45, 2.75) is 0 Å². The molecule has 0 aliphatic carbocycles. The number of halogens is 3. The molecule has 1 heterocycles. The molecule has 0 atom stereocenters. The van der Waals surface area contributed by atoms with Crippen molar-refractivity contribution in [1.29, 1.82) is 0 Å². The van der Waals surface area contributed by atoms with Gasteiger partial charge in [-0.15, -0.1) is 0 Å². The topological polar surface area (TPSA) is 25.8 Å². The summed E-state index contributed by atoms with van der Waals surface area (Å²) in [4.78, 5) is 6.79. The standard InChI is InChI=1S/C4HBrClFN2/c5-3-4(6)9-2(7)1-8-3/h1H. The summed E-state index contributed by atoms with van der Waals surface area (Å²) in [7, 11) is 0. The lowest BCUT2D eigenvalue weighted by molar-refractivity contribution is 0.575. The zero-order valence-electron chi connectivity index (χ0n) is 4.11. The number of hydrogen-bond acceptors (Lipinski definition) is 2. The van der Waals surface area contributed by atoms with E-state index in [-0.39, 0.29) is 5.15 Å². The van der Waals surface area contributed by atoms with Crippen LogP contribution in [-0.2, 0) is 0 Å². The van der Waals surface area contributed by atoms with E-state index in [9.17, 15) is 4.39 Å². The molecule has 0 aliphatic heterocycles. The third kappa shape index (κ3) is 1.59. The highest BCUT2D eigenvalue weighted by Crippen LogP contribution is 2.15. The van der Waals surface area contributed by atoms with Gasteiger partial charge in [-0.1, -0.05) is 11.6 Å². The van der Waals surface area contributed by atoms with Crippen molar-refractivity contribution >= 4 is 27.5 Å². The van der Waals surface area contributed by atoms with Crippen LogP contribution in [-0.4, -0.2) is 9.97 Å². The summed E-state index contributed by atoms with van der Waals surface area (Å²) >= 11 is 8.31. The van der Waals surface area contributed by atoms with Crippen LogP contribution in [0.25, 0.3) is 0 Å². The molecule has 0 fully saturated rings. The van der Waals surface area contributed by atoms with Crippen LogP contribution in [0.3, 0.4) is 0 Å². The van der Waals surface area contributed by atoms with Gasteiger partial charge >= 0.3 is 0 Å². The van der Waals surface area contributed by atoms with Gasteiger partial charge in [0.05, 0.1) is 6.20 Å². The molecule has 0 aromatic carbocycles. The Bertz CT molecular complexity index is 230. The molecule has 48 valence electrons. The van der Waals surface area contributed by atoms with Gasteiger partial charge in [-0.3, -0.25) is 0 Å². The summed E-state index contributed by atoms with van der Waals surface area (Å²) in [5, 5.41) is 0.0370. The van der Waals surface area contributed by atoms with Crippen LogP contribution in [0.15, 0.2) is 10.8 Å². The van der Waals surface area contributed by atoms with Gasteiger partial charge in [0.2, 0.25) is 5.95 Å². The van der Waals surface area contributed by atoms with Gasteiger partial charge < -0.3 is 0 Å². The zero-order chi connectivity index (χ0) is 6.85. The fourth-order valence-corrected chi connectivity index (χ4v) is 0.653. The van der Waals surface area contributed by atoms with Gasteiger partial charge in [-0.25, -0.2) is 9.97 Å². The molecule has 1 aromatic rings. The first-order valence-corrected chi connectivity index (χ1v) is 3.21. The lowest BCUT2D eigenvalue weighted by Gasteiger charge is -1.90. The molecule has 0 saturated heterocycles. The molecular weight excluding hydrogens is 210 g/mol. The van der Waals surface area contributed by atoms with Gasteiger partial charge in [0.25, 0.3) is 0 Å². The van der Waals surface area contributed by atoms with E-state index in [4.69, 9.17) is 11.6 Å². The second-order valence-electron chi connectivity index (χ2n) is 1.27. The minimum atomic E-state index is -0.678. The van der Waals surface area contributed by atoms with Gasteiger partial charge in [-0.2, -0.15) is 4.39 Å². The molecule has 0 bridgehead atoms.